The van der Waals surface area contributed by atoms with E-state index in [9.17, 15) is 4.79 Å². The van der Waals surface area contributed by atoms with Gasteiger partial charge in [-0.05, 0) is 34.6 Å². The number of alkyl carbamates (subject to hydrolysis) is 1. The van der Waals surface area contributed by atoms with Gasteiger partial charge in [-0.25, -0.2) is 4.79 Å². The molecule has 0 aliphatic carbocycles. The molecule has 0 bridgehead atoms. The highest BCUT2D eigenvalue weighted by molar-refractivity contribution is 5.67. The Hall–Kier alpha value is -0.810. The van der Waals surface area contributed by atoms with Crippen LogP contribution in [0.1, 0.15) is 34.6 Å². The molecule has 0 aliphatic rings. The molecule has 1 unspecified atom stereocenters. The lowest BCUT2D eigenvalue weighted by Crippen LogP contribution is -2.41. The standard InChI is InChI=1S/C10H22N2O3/c1-6-14-12-8(2)7-11-9(13)15-10(3,4)5/h8,12H,6-7H2,1-5H3,(H,11,13). The van der Waals surface area contributed by atoms with E-state index in [-0.39, 0.29) is 6.04 Å². The maximum absolute atomic E-state index is 11.2. The third-order valence-corrected chi connectivity index (χ3v) is 1.38. The highest BCUT2D eigenvalue weighted by Gasteiger charge is 2.16. The number of carbonyl (C=O) groups excluding carboxylic acids is 1. The van der Waals surface area contributed by atoms with E-state index in [0.29, 0.717) is 13.2 Å². The van der Waals surface area contributed by atoms with Crippen LogP contribution in [0.2, 0.25) is 0 Å². The van der Waals surface area contributed by atoms with E-state index in [0.717, 1.165) is 0 Å². The largest absolute Gasteiger partial charge is 0.444 e. The Morgan fingerprint density at radius 2 is 2.00 bits per heavy atom. The molecule has 5 heteroatoms. The molecule has 0 radical (unpaired) electrons. The quantitative estimate of drug-likeness (QED) is 0.685. The number of nitrogens with one attached hydrogen (secondary N) is 2. The minimum atomic E-state index is -0.458. The van der Waals surface area contributed by atoms with Crippen molar-refractivity contribution >= 4 is 6.09 Å². The lowest BCUT2D eigenvalue weighted by Gasteiger charge is -2.20. The molecule has 1 amide bonds. The van der Waals surface area contributed by atoms with E-state index in [4.69, 9.17) is 9.57 Å². The van der Waals surface area contributed by atoms with Crippen LogP contribution in [0.5, 0.6) is 0 Å². The SMILES string of the molecule is CCONC(C)CNC(=O)OC(C)(C)C. The summed E-state index contributed by atoms with van der Waals surface area (Å²) in [5.41, 5.74) is 2.32. The predicted molar refractivity (Wildman–Crippen MR) is 58.5 cm³/mol. The summed E-state index contributed by atoms with van der Waals surface area (Å²) in [6.07, 6.45) is -0.410. The van der Waals surface area contributed by atoms with Crippen LogP contribution in [-0.4, -0.2) is 30.9 Å². The van der Waals surface area contributed by atoms with E-state index in [1.165, 1.54) is 0 Å². The van der Waals surface area contributed by atoms with Gasteiger partial charge in [0.1, 0.15) is 5.60 Å². The molecule has 0 aliphatic heterocycles. The van der Waals surface area contributed by atoms with Crippen molar-refractivity contribution in [3.8, 4) is 0 Å². The number of rotatable bonds is 5. The van der Waals surface area contributed by atoms with Crippen molar-refractivity contribution < 1.29 is 14.4 Å². The van der Waals surface area contributed by atoms with Gasteiger partial charge >= 0.3 is 6.09 Å². The molecule has 0 aromatic carbocycles. The Morgan fingerprint density at radius 3 is 2.47 bits per heavy atom. The van der Waals surface area contributed by atoms with Gasteiger partial charge in [-0.2, -0.15) is 5.48 Å². The van der Waals surface area contributed by atoms with E-state index < -0.39 is 11.7 Å². The number of hydrogen-bond donors (Lipinski definition) is 2. The molecule has 0 fully saturated rings. The van der Waals surface area contributed by atoms with Crippen molar-refractivity contribution in [1.82, 2.24) is 10.8 Å². The first kappa shape index (κ1) is 14.2. The van der Waals surface area contributed by atoms with Gasteiger partial charge in [0, 0.05) is 12.6 Å². The molecular weight excluding hydrogens is 196 g/mol. The smallest absolute Gasteiger partial charge is 0.407 e. The van der Waals surface area contributed by atoms with Gasteiger partial charge in [0.05, 0.1) is 6.61 Å². The first-order valence-electron chi connectivity index (χ1n) is 5.19. The Morgan fingerprint density at radius 1 is 1.40 bits per heavy atom. The molecule has 5 nitrogen and oxygen atoms in total. The normalized spacial score (nSPS) is 13.4. The van der Waals surface area contributed by atoms with Gasteiger partial charge in [0.25, 0.3) is 0 Å². The van der Waals surface area contributed by atoms with Crippen LogP contribution in [0.4, 0.5) is 4.79 Å². The lowest BCUT2D eigenvalue weighted by molar-refractivity contribution is 0.0254. The molecule has 15 heavy (non-hydrogen) atoms. The first-order valence-corrected chi connectivity index (χ1v) is 5.19. The summed E-state index contributed by atoms with van der Waals surface area (Å²) in [7, 11) is 0. The van der Waals surface area contributed by atoms with Crippen molar-refractivity contribution in [1.29, 1.82) is 0 Å². The highest BCUT2D eigenvalue weighted by Crippen LogP contribution is 2.06. The molecular formula is C10H22N2O3. The van der Waals surface area contributed by atoms with Crippen LogP contribution in [0.15, 0.2) is 0 Å². The molecule has 0 aromatic heterocycles. The minimum Gasteiger partial charge on any atom is -0.444 e. The Bertz CT molecular complexity index is 190. The van der Waals surface area contributed by atoms with Crippen LogP contribution < -0.4 is 10.8 Å². The lowest BCUT2D eigenvalue weighted by atomic mass is 10.2. The van der Waals surface area contributed by atoms with Crippen molar-refractivity contribution in [2.45, 2.75) is 46.3 Å². The summed E-state index contributed by atoms with van der Waals surface area (Å²) >= 11 is 0. The monoisotopic (exact) mass is 218 g/mol. The summed E-state index contributed by atoms with van der Waals surface area (Å²) in [4.78, 5) is 16.2. The van der Waals surface area contributed by atoms with Crippen molar-refractivity contribution in [2.24, 2.45) is 0 Å². The zero-order valence-electron chi connectivity index (χ0n) is 10.2. The van der Waals surface area contributed by atoms with Crippen molar-refractivity contribution in [2.75, 3.05) is 13.2 Å². The van der Waals surface area contributed by atoms with Gasteiger partial charge in [0.15, 0.2) is 0 Å². The molecule has 0 saturated carbocycles. The predicted octanol–water partition coefficient (Wildman–Crippen LogP) is 1.44. The third-order valence-electron chi connectivity index (χ3n) is 1.38. The summed E-state index contributed by atoms with van der Waals surface area (Å²) in [5.74, 6) is 0. The first-order chi connectivity index (χ1) is 6.85. The molecule has 0 spiro atoms. The van der Waals surface area contributed by atoms with Crippen LogP contribution in [-0.2, 0) is 9.57 Å². The molecule has 90 valence electrons. The highest BCUT2D eigenvalue weighted by atomic mass is 16.6. The van der Waals surface area contributed by atoms with Crippen LogP contribution in [0.3, 0.4) is 0 Å². The number of hydrogen-bond acceptors (Lipinski definition) is 4. The maximum Gasteiger partial charge on any atom is 0.407 e. The van der Waals surface area contributed by atoms with E-state index in [1.54, 1.807) is 0 Å². The fraction of sp³-hybridized carbons (Fsp3) is 0.900. The van der Waals surface area contributed by atoms with Crippen molar-refractivity contribution in [3.05, 3.63) is 0 Å². The third kappa shape index (κ3) is 9.49. The van der Waals surface area contributed by atoms with Crippen LogP contribution in [0, 0.1) is 0 Å². The number of amides is 1. The van der Waals surface area contributed by atoms with Crippen LogP contribution >= 0.6 is 0 Å². The van der Waals surface area contributed by atoms with E-state index in [2.05, 4.69) is 10.8 Å². The zero-order chi connectivity index (χ0) is 11.9. The molecule has 2 N–H and O–H groups in total. The summed E-state index contributed by atoms with van der Waals surface area (Å²) < 4.78 is 5.07. The molecule has 0 saturated heterocycles. The number of hydroxylamine groups is 1. The fourth-order valence-corrected chi connectivity index (χ4v) is 0.818. The van der Waals surface area contributed by atoms with Gasteiger partial charge in [-0.1, -0.05) is 0 Å². The second-order valence-corrected chi connectivity index (χ2v) is 4.33. The second-order valence-electron chi connectivity index (χ2n) is 4.33. The summed E-state index contributed by atoms with van der Waals surface area (Å²) in [5, 5.41) is 2.64. The Balaban J connectivity index is 3.62. The summed E-state index contributed by atoms with van der Waals surface area (Å²) in [6.45, 7) is 10.3. The van der Waals surface area contributed by atoms with Gasteiger partial charge in [-0.15, -0.1) is 0 Å². The van der Waals surface area contributed by atoms with E-state index >= 15 is 0 Å². The van der Waals surface area contributed by atoms with Gasteiger partial charge in [-0.3, -0.25) is 0 Å². The fourth-order valence-electron chi connectivity index (χ4n) is 0.818. The Kier molecular flexibility index (Phi) is 6.27. The molecule has 0 heterocycles. The average Bonchev–Trinajstić information content (AvgIpc) is 2.08. The number of ether oxygens (including phenoxy) is 1. The molecule has 0 aromatic rings. The maximum atomic E-state index is 11.2. The van der Waals surface area contributed by atoms with E-state index in [1.807, 2.05) is 34.6 Å². The van der Waals surface area contributed by atoms with Crippen molar-refractivity contribution in [3.63, 3.8) is 0 Å². The zero-order valence-corrected chi connectivity index (χ0v) is 10.2. The number of carbonyl (C=O) groups is 1. The van der Waals surface area contributed by atoms with Crippen LogP contribution in [0.25, 0.3) is 0 Å². The average molecular weight is 218 g/mol. The topological polar surface area (TPSA) is 59.6 Å². The van der Waals surface area contributed by atoms with Gasteiger partial charge in [0.2, 0.25) is 0 Å². The Labute approximate surface area is 91.5 Å². The van der Waals surface area contributed by atoms with Gasteiger partial charge < -0.3 is 14.9 Å². The minimum absolute atomic E-state index is 0.0532. The molecule has 1 atom stereocenters. The molecule has 0 rings (SSSR count). The second kappa shape index (κ2) is 6.63. The summed E-state index contributed by atoms with van der Waals surface area (Å²) in [6, 6.07) is 0.0532.